The van der Waals surface area contributed by atoms with Crippen LogP contribution >= 0.6 is 0 Å². The second kappa shape index (κ2) is 13.2. The summed E-state index contributed by atoms with van der Waals surface area (Å²) in [5.41, 5.74) is 3.80. The fourth-order valence-electron chi connectivity index (χ4n) is 5.86. The minimum Gasteiger partial charge on any atom is -0.337 e. The van der Waals surface area contributed by atoms with E-state index in [1.54, 1.807) is 29.2 Å². The molecule has 0 spiro atoms. The molecule has 2 fully saturated rings. The lowest BCUT2D eigenvalue weighted by Gasteiger charge is -2.31. The van der Waals surface area contributed by atoms with Crippen molar-refractivity contribution in [3.8, 4) is 0 Å². The predicted octanol–water partition coefficient (Wildman–Crippen LogP) is 5.52. The molecule has 3 heterocycles. The van der Waals surface area contributed by atoms with Crippen molar-refractivity contribution < 1.29 is 19.3 Å². The largest absolute Gasteiger partial charge is 0.337 e. The van der Waals surface area contributed by atoms with Crippen LogP contribution in [0.15, 0.2) is 66.9 Å². The van der Waals surface area contributed by atoms with E-state index in [-0.39, 0.29) is 35.0 Å². The number of ketones is 2. The number of nitrogens with zero attached hydrogens (tertiary/aromatic N) is 4. The molecule has 0 radical (unpaired) electrons. The van der Waals surface area contributed by atoms with Crippen LogP contribution in [0.4, 0.5) is 5.69 Å². The summed E-state index contributed by atoms with van der Waals surface area (Å²) in [7, 11) is 0. The molecule has 2 aliphatic rings. The van der Waals surface area contributed by atoms with Crippen LogP contribution in [-0.4, -0.2) is 63.4 Å². The highest BCUT2D eigenvalue weighted by molar-refractivity contribution is 5.99. The molecule has 1 aromatic heterocycles. The zero-order valence-electron chi connectivity index (χ0n) is 23.9. The Bertz CT molecular complexity index is 1420. The second-order valence-corrected chi connectivity index (χ2v) is 11.5. The first-order valence-electron chi connectivity index (χ1n) is 14.6. The maximum atomic E-state index is 13.0. The number of benzene rings is 2. The van der Waals surface area contributed by atoms with Crippen molar-refractivity contribution in [2.45, 2.75) is 45.6 Å². The quantitative estimate of drug-likeness (QED) is 0.190. The molecule has 0 N–H and O–H groups in total. The molecule has 0 saturated carbocycles. The lowest BCUT2D eigenvalue weighted by Crippen LogP contribution is -2.40. The number of amides is 1. The summed E-state index contributed by atoms with van der Waals surface area (Å²) in [6, 6.07) is 17.6. The van der Waals surface area contributed by atoms with Crippen molar-refractivity contribution in [1.29, 1.82) is 0 Å². The van der Waals surface area contributed by atoms with Crippen LogP contribution in [0.5, 0.6) is 0 Å². The van der Waals surface area contributed by atoms with Gasteiger partial charge in [0.25, 0.3) is 11.6 Å². The van der Waals surface area contributed by atoms with E-state index in [1.807, 2.05) is 31.2 Å². The van der Waals surface area contributed by atoms with Gasteiger partial charge in [-0.05, 0) is 69.3 Å². The van der Waals surface area contributed by atoms with E-state index in [4.69, 9.17) is 0 Å². The third kappa shape index (κ3) is 7.15. The molecular formula is C33H36N4O5. The molecule has 42 heavy (non-hydrogen) atoms. The van der Waals surface area contributed by atoms with Crippen LogP contribution in [0, 0.1) is 28.9 Å². The fraction of sp³-hybridized carbons (Fsp3) is 0.394. The van der Waals surface area contributed by atoms with Gasteiger partial charge in [0, 0.05) is 61.4 Å². The van der Waals surface area contributed by atoms with Gasteiger partial charge in [0.2, 0.25) is 0 Å². The van der Waals surface area contributed by atoms with Crippen LogP contribution in [0.1, 0.15) is 74.4 Å². The Kier molecular flexibility index (Phi) is 9.17. The fourth-order valence-corrected chi connectivity index (χ4v) is 5.86. The molecule has 9 nitrogen and oxygen atoms in total. The number of carbonyl (C=O) groups is 3. The molecule has 2 aromatic carbocycles. The first-order chi connectivity index (χ1) is 20.3. The Morgan fingerprint density at radius 3 is 2.10 bits per heavy atom. The Morgan fingerprint density at radius 2 is 1.50 bits per heavy atom. The number of non-ortho nitro benzene ring substituents is 1. The van der Waals surface area contributed by atoms with E-state index in [9.17, 15) is 24.5 Å². The van der Waals surface area contributed by atoms with E-state index in [0.29, 0.717) is 43.6 Å². The van der Waals surface area contributed by atoms with Crippen molar-refractivity contribution in [3.63, 3.8) is 0 Å². The molecule has 5 rings (SSSR count). The van der Waals surface area contributed by atoms with Crippen LogP contribution < -0.4 is 0 Å². The van der Waals surface area contributed by atoms with Crippen LogP contribution in [0.25, 0.3) is 0 Å². The van der Waals surface area contributed by atoms with E-state index >= 15 is 0 Å². The summed E-state index contributed by atoms with van der Waals surface area (Å²) in [5.74, 6) is 0.203. The Balaban J connectivity index is 1.06. The van der Waals surface area contributed by atoms with Crippen molar-refractivity contribution in [2.24, 2.45) is 11.8 Å². The summed E-state index contributed by atoms with van der Waals surface area (Å²) < 4.78 is 0. The summed E-state index contributed by atoms with van der Waals surface area (Å²) >= 11 is 0. The highest BCUT2D eigenvalue weighted by Gasteiger charge is 2.29. The molecular weight excluding hydrogens is 532 g/mol. The number of piperidine rings is 2. The van der Waals surface area contributed by atoms with E-state index < -0.39 is 4.92 Å². The first kappa shape index (κ1) is 29.3. The molecule has 1 amide bonds. The van der Waals surface area contributed by atoms with Gasteiger partial charge in [0.05, 0.1) is 4.92 Å². The molecule has 3 aromatic rings. The van der Waals surface area contributed by atoms with E-state index in [2.05, 4.69) is 9.88 Å². The Hall–Kier alpha value is -4.24. The average molecular weight is 569 g/mol. The van der Waals surface area contributed by atoms with Gasteiger partial charge in [-0.25, -0.2) is 0 Å². The summed E-state index contributed by atoms with van der Waals surface area (Å²) in [5, 5.41) is 10.9. The van der Waals surface area contributed by atoms with Gasteiger partial charge in [-0.3, -0.25) is 34.4 Å². The number of hydrogen-bond acceptors (Lipinski definition) is 7. The van der Waals surface area contributed by atoms with Gasteiger partial charge in [0.1, 0.15) is 5.69 Å². The number of likely N-dealkylation sites (tertiary alicyclic amines) is 2. The van der Waals surface area contributed by atoms with Crippen molar-refractivity contribution in [3.05, 3.63) is 105 Å². The number of aryl methyl sites for hydroxylation is 1. The first-order valence-corrected chi connectivity index (χ1v) is 14.6. The zero-order valence-corrected chi connectivity index (χ0v) is 23.9. The molecule has 0 unspecified atom stereocenters. The van der Waals surface area contributed by atoms with E-state index in [0.717, 1.165) is 49.2 Å². The number of aromatic nitrogens is 1. The number of Topliss-reactive ketones (excluding diaryl/α,β-unsaturated/α-hetero) is 2. The summed E-state index contributed by atoms with van der Waals surface area (Å²) in [6.45, 7) is 5.48. The lowest BCUT2D eigenvalue weighted by molar-refractivity contribution is -0.384. The number of hydrogen-bond donors (Lipinski definition) is 0. The second-order valence-electron chi connectivity index (χ2n) is 11.5. The predicted molar refractivity (Wildman–Crippen MR) is 158 cm³/mol. The highest BCUT2D eigenvalue weighted by Crippen LogP contribution is 2.25. The number of pyridine rings is 1. The van der Waals surface area contributed by atoms with Crippen LogP contribution in [-0.2, 0) is 6.54 Å². The summed E-state index contributed by atoms with van der Waals surface area (Å²) in [6.07, 6.45) is 5.02. The van der Waals surface area contributed by atoms with Crippen LogP contribution in [0.3, 0.4) is 0 Å². The van der Waals surface area contributed by atoms with Gasteiger partial charge >= 0.3 is 0 Å². The van der Waals surface area contributed by atoms with Crippen molar-refractivity contribution >= 4 is 23.2 Å². The Labute approximate surface area is 245 Å². The minimum absolute atomic E-state index is 0.0331. The number of nitro groups is 1. The standard InChI is InChI=1S/C33H36N4O5/c1-23-2-6-26(7-3-23)32(39)27-14-18-36(19-15-27)33(40)30-11-8-28(21-34-30)31(38)20-24-12-16-35(17-13-24)22-25-4-9-29(10-5-25)37(41)42/h2-11,21,24,27H,12-20,22H2,1H3. The smallest absolute Gasteiger partial charge is 0.272 e. The van der Waals surface area contributed by atoms with Gasteiger partial charge in [0.15, 0.2) is 11.6 Å². The molecule has 0 aliphatic carbocycles. The van der Waals surface area contributed by atoms with Gasteiger partial charge < -0.3 is 4.90 Å². The number of carbonyl (C=O) groups excluding carboxylic acids is 3. The average Bonchev–Trinajstić information content (AvgIpc) is 3.02. The van der Waals surface area contributed by atoms with Gasteiger partial charge in [-0.2, -0.15) is 0 Å². The number of nitro benzene ring substituents is 1. The normalized spacial score (nSPS) is 16.7. The maximum Gasteiger partial charge on any atom is 0.272 e. The monoisotopic (exact) mass is 568 g/mol. The van der Waals surface area contributed by atoms with Gasteiger partial charge in [-0.1, -0.05) is 42.0 Å². The van der Waals surface area contributed by atoms with Gasteiger partial charge in [-0.15, -0.1) is 0 Å². The minimum atomic E-state index is -0.394. The Morgan fingerprint density at radius 1 is 0.857 bits per heavy atom. The van der Waals surface area contributed by atoms with E-state index in [1.165, 1.54) is 18.3 Å². The molecule has 2 saturated heterocycles. The topological polar surface area (TPSA) is 114 Å². The van der Waals surface area contributed by atoms with Crippen molar-refractivity contribution in [2.75, 3.05) is 26.2 Å². The maximum absolute atomic E-state index is 13.0. The molecule has 218 valence electrons. The third-order valence-corrected chi connectivity index (χ3v) is 8.53. The molecule has 2 aliphatic heterocycles. The van der Waals surface area contributed by atoms with Crippen molar-refractivity contribution in [1.82, 2.24) is 14.8 Å². The SMILES string of the molecule is Cc1ccc(C(=O)C2CCN(C(=O)c3ccc(C(=O)CC4CCN(Cc5ccc([N+](=O)[O-])cc5)CC4)cn3)CC2)cc1. The summed E-state index contributed by atoms with van der Waals surface area (Å²) in [4.78, 5) is 57.7. The highest BCUT2D eigenvalue weighted by atomic mass is 16.6. The molecule has 0 atom stereocenters. The number of rotatable bonds is 9. The molecule has 0 bridgehead atoms. The lowest BCUT2D eigenvalue weighted by atomic mass is 9.88. The van der Waals surface area contributed by atoms with Crippen LogP contribution in [0.2, 0.25) is 0 Å². The third-order valence-electron chi connectivity index (χ3n) is 8.53. The zero-order chi connectivity index (χ0) is 29.6. The molecule has 9 heteroatoms.